The molecule has 0 radical (unpaired) electrons. The number of nitrogens with zero attached hydrogens (tertiary/aromatic N) is 2. The van der Waals surface area contributed by atoms with Gasteiger partial charge in [0.25, 0.3) is 0 Å². The summed E-state index contributed by atoms with van der Waals surface area (Å²) in [5, 5.41) is 2.12. The summed E-state index contributed by atoms with van der Waals surface area (Å²) in [5.74, 6) is 1.19. The van der Waals surface area contributed by atoms with Crippen molar-refractivity contribution in [1.82, 2.24) is 4.90 Å². The van der Waals surface area contributed by atoms with Crippen LogP contribution in [0.25, 0.3) is 0 Å². The molecule has 1 fully saturated rings. The maximum Gasteiger partial charge on any atom is 0.160 e. The first kappa shape index (κ1) is 12.6. The highest BCUT2D eigenvalue weighted by Crippen LogP contribution is 2.44. The van der Waals surface area contributed by atoms with E-state index in [-0.39, 0.29) is 12.4 Å². The van der Waals surface area contributed by atoms with Crippen molar-refractivity contribution in [2.75, 3.05) is 12.3 Å². The normalized spacial score (nSPS) is 28.1. The van der Waals surface area contributed by atoms with Crippen molar-refractivity contribution in [3.05, 3.63) is 34.3 Å². The fourth-order valence-corrected chi connectivity index (χ4v) is 4.43. The minimum absolute atomic E-state index is 0. The maximum absolute atomic E-state index is 6.08. The molecule has 5 heteroatoms. The molecule has 4 rings (SSSR count). The van der Waals surface area contributed by atoms with E-state index in [1.54, 1.807) is 0 Å². The number of aliphatic imine (C=N–C) groups is 1. The molecule has 2 aliphatic heterocycles. The first-order valence-electron chi connectivity index (χ1n) is 6.08. The molecule has 1 aromatic carbocycles. The highest BCUT2D eigenvalue weighted by Gasteiger charge is 2.42. The summed E-state index contributed by atoms with van der Waals surface area (Å²) in [5.41, 5.74) is 2.87. The van der Waals surface area contributed by atoms with E-state index < -0.39 is 0 Å². The lowest BCUT2D eigenvalue weighted by Crippen LogP contribution is -2.33. The van der Waals surface area contributed by atoms with Crippen molar-refractivity contribution in [1.29, 1.82) is 0 Å². The van der Waals surface area contributed by atoms with Gasteiger partial charge in [0, 0.05) is 17.3 Å². The van der Waals surface area contributed by atoms with Gasteiger partial charge >= 0.3 is 0 Å². The van der Waals surface area contributed by atoms with Crippen molar-refractivity contribution in [2.24, 2.45) is 4.99 Å². The quantitative estimate of drug-likeness (QED) is 0.728. The van der Waals surface area contributed by atoms with Crippen LogP contribution >= 0.6 is 35.8 Å². The van der Waals surface area contributed by atoms with Crippen molar-refractivity contribution < 1.29 is 0 Å². The van der Waals surface area contributed by atoms with Gasteiger partial charge in [0.05, 0.1) is 12.1 Å². The van der Waals surface area contributed by atoms with E-state index in [9.17, 15) is 0 Å². The third kappa shape index (κ3) is 1.75. The Bertz CT molecular complexity index is 518. The second-order valence-corrected chi connectivity index (χ2v) is 6.35. The Morgan fingerprint density at radius 3 is 3.17 bits per heavy atom. The van der Waals surface area contributed by atoms with Crippen LogP contribution in [0.5, 0.6) is 0 Å². The number of aryl methyl sites for hydroxylation is 1. The molecule has 0 bridgehead atoms. The summed E-state index contributed by atoms with van der Waals surface area (Å²) in [6.07, 6.45) is 2.28. The van der Waals surface area contributed by atoms with Gasteiger partial charge in [-0.3, -0.25) is 4.99 Å². The molecule has 0 saturated carbocycles. The van der Waals surface area contributed by atoms with E-state index in [1.165, 1.54) is 28.5 Å². The van der Waals surface area contributed by atoms with Gasteiger partial charge in [0.15, 0.2) is 5.17 Å². The Morgan fingerprint density at radius 1 is 1.39 bits per heavy atom. The molecule has 1 saturated heterocycles. The van der Waals surface area contributed by atoms with Crippen LogP contribution in [0.4, 0.5) is 0 Å². The topological polar surface area (TPSA) is 15.6 Å². The zero-order chi connectivity index (χ0) is 11.4. The van der Waals surface area contributed by atoms with Crippen LogP contribution in [0.1, 0.15) is 23.6 Å². The lowest BCUT2D eigenvalue weighted by Gasteiger charge is -2.32. The molecule has 2 nitrogen and oxygen atoms in total. The number of rotatable bonds is 0. The standard InChI is InChI=1S/C13H13ClN2S.ClH/c14-9-2-3-10-8(7-9)1-4-11-12(10)16-5-6-17-13(16)15-11;/h2-3,7,11-12H,1,4-6H2;1H/t11-,12-;/m1./s1. The fourth-order valence-electron chi connectivity index (χ4n) is 3.18. The molecule has 0 spiro atoms. The minimum Gasteiger partial charge on any atom is -0.341 e. The summed E-state index contributed by atoms with van der Waals surface area (Å²) in [6.45, 7) is 1.15. The molecule has 18 heavy (non-hydrogen) atoms. The van der Waals surface area contributed by atoms with Crippen molar-refractivity contribution in [3.8, 4) is 0 Å². The zero-order valence-corrected chi connectivity index (χ0v) is 12.2. The van der Waals surface area contributed by atoms with Gasteiger partial charge in [-0.2, -0.15) is 0 Å². The summed E-state index contributed by atoms with van der Waals surface area (Å²) >= 11 is 7.99. The largest absolute Gasteiger partial charge is 0.341 e. The summed E-state index contributed by atoms with van der Waals surface area (Å²) in [4.78, 5) is 7.35. The number of benzene rings is 1. The predicted octanol–water partition coefficient (Wildman–Crippen LogP) is 3.54. The lowest BCUT2D eigenvalue weighted by molar-refractivity contribution is 0.309. The molecule has 1 aromatic rings. The van der Waals surface area contributed by atoms with Gasteiger partial charge < -0.3 is 4.90 Å². The van der Waals surface area contributed by atoms with Crippen LogP contribution in [-0.4, -0.2) is 28.4 Å². The van der Waals surface area contributed by atoms with E-state index in [1.807, 2.05) is 17.8 Å². The molecular formula is C13H14Cl2N2S. The SMILES string of the molecule is Cl.Clc1ccc2c(c1)CC[C@H]1N=C3SCCN3[C@H]21. The lowest BCUT2D eigenvalue weighted by atomic mass is 9.84. The van der Waals surface area contributed by atoms with Crippen LogP contribution in [0.2, 0.25) is 5.02 Å². The Labute approximate surface area is 122 Å². The highest BCUT2D eigenvalue weighted by molar-refractivity contribution is 8.14. The zero-order valence-electron chi connectivity index (χ0n) is 9.80. The Kier molecular flexibility index (Phi) is 3.25. The van der Waals surface area contributed by atoms with Crippen molar-refractivity contribution in [3.63, 3.8) is 0 Å². The van der Waals surface area contributed by atoms with Gasteiger partial charge in [-0.05, 0) is 36.1 Å². The summed E-state index contributed by atoms with van der Waals surface area (Å²) < 4.78 is 0. The molecular weight excluding hydrogens is 287 g/mol. The molecule has 0 amide bonds. The minimum atomic E-state index is 0. The number of amidine groups is 1. The predicted molar refractivity (Wildman–Crippen MR) is 80.1 cm³/mol. The Hall–Kier alpha value is -0.380. The highest BCUT2D eigenvalue weighted by atomic mass is 35.5. The van der Waals surface area contributed by atoms with Gasteiger partial charge in [0.1, 0.15) is 0 Å². The molecule has 96 valence electrons. The number of hydrogen-bond acceptors (Lipinski definition) is 3. The third-order valence-electron chi connectivity index (χ3n) is 3.92. The Morgan fingerprint density at radius 2 is 2.28 bits per heavy atom. The smallest absolute Gasteiger partial charge is 0.160 e. The molecule has 2 atom stereocenters. The average Bonchev–Trinajstić information content (AvgIpc) is 2.88. The van der Waals surface area contributed by atoms with Crippen molar-refractivity contribution in [2.45, 2.75) is 24.9 Å². The summed E-state index contributed by atoms with van der Waals surface area (Å²) in [7, 11) is 0. The molecule has 0 unspecified atom stereocenters. The van der Waals surface area contributed by atoms with Gasteiger partial charge in [0.2, 0.25) is 0 Å². The first-order valence-corrected chi connectivity index (χ1v) is 7.45. The molecule has 1 aliphatic carbocycles. The van der Waals surface area contributed by atoms with E-state index in [2.05, 4.69) is 17.0 Å². The molecule has 0 N–H and O–H groups in total. The first-order chi connectivity index (χ1) is 8.33. The van der Waals surface area contributed by atoms with E-state index >= 15 is 0 Å². The van der Waals surface area contributed by atoms with E-state index in [0.29, 0.717) is 12.1 Å². The third-order valence-corrected chi connectivity index (χ3v) is 5.14. The van der Waals surface area contributed by atoms with Crippen LogP contribution < -0.4 is 0 Å². The van der Waals surface area contributed by atoms with Crippen LogP contribution in [0, 0.1) is 0 Å². The number of thioether (sulfide) groups is 1. The van der Waals surface area contributed by atoms with Crippen molar-refractivity contribution >= 4 is 40.9 Å². The average molecular weight is 301 g/mol. The summed E-state index contributed by atoms with van der Waals surface area (Å²) in [6, 6.07) is 7.32. The van der Waals surface area contributed by atoms with Crippen LogP contribution in [-0.2, 0) is 6.42 Å². The molecule has 0 aromatic heterocycles. The number of hydrogen-bond donors (Lipinski definition) is 0. The number of halogens is 2. The molecule has 2 heterocycles. The van der Waals surface area contributed by atoms with Crippen LogP contribution in [0.3, 0.4) is 0 Å². The second-order valence-electron chi connectivity index (χ2n) is 4.85. The molecule has 3 aliphatic rings. The van der Waals surface area contributed by atoms with Gasteiger partial charge in [-0.1, -0.05) is 29.4 Å². The van der Waals surface area contributed by atoms with Gasteiger partial charge in [-0.15, -0.1) is 12.4 Å². The van der Waals surface area contributed by atoms with Gasteiger partial charge in [-0.25, -0.2) is 0 Å². The van der Waals surface area contributed by atoms with E-state index in [0.717, 1.165) is 18.0 Å². The Balaban J connectivity index is 0.000001000. The fraction of sp³-hybridized carbons (Fsp3) is 0.462. The maximum atomic E-state index is 6.08. The number of fused-ring (bicyclic) bond motifs is 5. The van der Waals surface area contributed by atoms with Crippen LogP contribution in [0.15, 0.2) is 23.2 Å². The van der Waals surface area contributed by atoms with E-state index in [4.69, 9.17) is 16.6 Å². The monoisotopic (exact) mass is 300 g/mol. The second kappa shape index (κ2) is 4.62.